The van der Waals surface area contributed by atoms with E-state index in [1.165, 1.54) is 0 Å². The molecule has 4 rings (SSSR count). The molecule has 2 aromatic rings. The zero-order valence-corrected chi connectivity index (χ0v) is 18.2. The first-order valence-corrected chi connectivity index (χ1v) is 12.1. The van der Waals surface area contributed by atoms with Crippen LogP contribution in [0.3, 0.4) is 0 Å². The third-order valence-corrected chi connectivity index (χ3v) is 7.96. The van der Waals surface area contributed by atoms with E-state index in [0.717, 1.165) is 37.9 Å². The van der Waals surface area contributed by atoms with Crippen LogP contribution >= 0.6 is 0 Å². The summed E-state index contributed by atoms with van der Waals surface area (Å²) in [7, 11) is -1.51. The van der Waals surface area contributed by atoms with Crippen LogP contribution in [0.4, 0.5) is 0 Å². The molecule has 0 radical (unpaired) electrons. The van der Waals surface area contributed by atoms with Gasteiger partial charge in [0.2, 0.25) is 10.0 Å². The molecular formula is C23H29N3O3S. The van der Waals surface area contributed by atoms with Crippen LogP contribution in [0.15, 0.2) is 59.5 Å². The molecule has 1 atom stereocenters. The standard InChI is InChI=1S/C23H29N3O3S/c1-24-15-16-26(22(18-24)19-9-4-2-5-10-19)23(27)20-11-8-12-21(17-20)30(28,29)25-13-6-3-7-14-25/h2,4-5,8-12,17,22H,3,6-7,13-16,18H2,1H3/t22-/m0/s1. The summed E-state index contributed by atoms with van der Waals surface area (Å²) in [6.07, 6.45) is 2.84. The summed E-state index contributed by atoms with van der Waals surface area (Å²) in [6.45, 7) is 3.25. The molecule has 2 heterocycles. The summed E-state index contributed by atoms with van der Waals surface area (Å²) in [5.74, 6) is -0.118. The number of carbonyl (C=O) groups is 1. The Morgan fingerprint density at radius 1 is 0.900 bits per heavy atom. The van der Waals surface area contributed by atoms with Gasteiger partial charge < -0.3 is 9.80 Å². The van der Waals surface area contributed by atoms with Crippen molar-refractivity contribution in [2.75, 3.05) is 39.8 Å². The second-order valence-corrected chi connectivity index (χ2v) is 10.1. The summed E-state index contributed by atoms with van der Waals surface area (Å²) in [5, 5.41) is 0. The van der Waals surface area contributed by atoms with Crippen molar-refractivity contribution in [2.45, 2.75) is 30.2 Å². The molecule has 0 aliphatic carbocycles. The van der Waals surface area contributed by atoms with Gasteiger partial charge in [0.1, 0.15) is 0 Å². The lowest BCUT2D eigenvalue weighted by Crippen LogP contribution is -2.49. The van der Waals surface area contributed by atoms with E-state index >= 15 is 0 Å². The van der Waals surface area contributed by atoms with Gasteiger partial charge in [-0.3, -0.25) is 4.79 Å². The second kappa shape index (κ2) is 8.88. The Morgan fingerprint density at radius 3 is 2.37 bits per heavy atom. The third-order valence-electron chi connectivity index (χ3n) is 6.06. The molecule has 0 bridgehead atoms. The van der Waals surface area contributed by atoms with E-state index in [1.807, 2.05) is 35.2 Å². The maximum absolute atomic E-state index is 13.4. The number of amides is 1. The molecule has 0 spiro atoms. The molecule has 160 valence electrons. The van der Waals surface area contributed by atoms with Gasteiger partial charge >= 0.3 is 0 Å². The minimum atomic E-state index is -3.57. The van der Waals surface area contributed by atoms with Crippen molar-refractivity contribution < 1.29 is 13.2 Å². The summed E-state index contributed by atoms with van der Waals surface area (Å²) in [4.78, 5) is 17.8. The lowest BCUT2D eigenvalue weighted by atomic mass is 10.0. The average molecular weight is 428 g/mol. The number of sulfonamides is 1. The van der Waals surface area contributed by atoms with Gasteiger partial charge in [-0.25, -0.2) is 8.42 Å². The summed E-state index contributed by atoms with van der Waals surface area (Å²) < 4.78 is 27.7. The van der Waals surface area contributed by atoms with Gasteiger partial charge in [0, 0.05) is 38.3 Å². The van der Waals surface area contributed by atoms with Crippen molar-refractivity contribution in [3.63, 3.8) is 0 Å². The molecule has 2 aliphatic rings. The molecule has 0 N–H and O–H groups in total. The molecular weight excluding hydrogens is 398 g/mol. The number of hydrogen-bond donors (Lipinski definition) is 0. The first-order valence-electron chi connectivity index (χ1n) is 10.6. The van der Waals surface area contributed by atoms with Gasteiger partial charge in [-0.2, -0.15) is 4.31 Å². The highest BCUT2D eigenvalue weighted by Gasteiger charge is 2.32. The minimum Gasteiger partial charge on any atom is -0.329 e. The Bertz CT molecular complexity index is 988. The normalized spacial score (nSPS) is 21.5. The Balaban J connectivity index is 1.62. The number of benzene rings is 2. The number of piperidine rings is 1. The van der Waals surface area contributed by atoms with E-state index in [2.05, 4.69) is 11.9 Å². The zero-order valence-electron chi connectivity index (χ0n) is 17.4. The molecule has 0 aromatic heterocycles. The van der Waals surface area contributed by atoms with Crippen molar-refractivity contribution >= 4 is 15.9 Å². The van der Waals surface area contributed by atoms with Gasteiger partial charge in [-0.15, -0.1) is 0 Å². The first-order chi connectivity index (χ1) is 14.5. The Morgan fingerprint density at radius 2 is 1.63 bits per heavy atom. The maximum atomic E-state index is 13.4. The van der Waals surface area contributed by atoms with E-state index < -0.39 is 10.0 Å². The van der Waals surface area contributed by atoms with Gasteiger partial charge in [-0.1, -0.05) is 42.8 Å². The smallest absolute Gasteiger partial charge is 0.254 e. The first kappa shape index (κ1) is 21.0. The molecule has 2 saturated heterocycles. The maximum Gasteiger partial charge on any atom is 0.254 e. The monoisotopic (exact) mass is 427 g/mol. The van der Waals surface area contributed by atoms with E-state index in [1.54, 1.807) is 28.6 Å². The number of carbonyl (C=O) groups excluding carboxylic acids is 1. The number of likely N-dealkylation sites (N-methyl/N-ethyl adjacent to an activating group) is 1. The van der Waals surface area contributed by atoms with Crippen molar-refractivity contribution in [2.24, 2.45) is 0 Å². The van der Waals surface area contributed by atoms with E-state index in [4.69, 9.17) is 0 Å². The summed E-state index contributed by atoms with van der Waals surface area (Å²) in [5.41, 5.74) is 1.52. The predicted octanol–water partition coefficient (Wildman–Crippen LogP) is 2.99. The quantitative estimate of drug-likeness (QED) is 0.753. The fraction of sp³-hybridized carbons (Fsp3) is 0.435. The molecule has 2 fully saturated rings. The van der Waals surface area contributed by atoms with Crippen LogP contribution < -0.4 is 0 Å². The van der Waals surface area contributed by atoms with Crippen LogP contribution in [-0.2, 0) is 10.0 Å². The fourth-order valence-corrected chi connectivity index (χ4v) is 5.90. The highest BCUT2D eigenvalue weighted by molar-refractivity contribution is 7.89. The molecule has 0 saturated carbocycles. The zero-order chi connectivity index (χ0) is 21.1. The molecule has 30 heavy (non-hydrogen) atoms. The van der Waals surface area contributed by atoms with Crippen molar-refractivity contribution in [3.8, 4) is 0 Å². The van der Waals surface area contributed by atoms with E-state index in [0.29, 0.717) is 25.2 Å². The molecule has 1 amide bonds. The lowest BCUT2D eigenvalue weighted by Gasteiger charge is -2.40. The number of piperazine rings is 1. The van der Waals surface area contributed by atoms with E-state index in [-0.39, 0.29) is 16.8 Å². The molecule has 2 aliphatic heterocycles. The SMILES string of the molecule is CN1CCN(C(=O)c2cccc(S(=O)(=O)N3CCCCC3)c2)[C@H](c2ccccc2)C1. The minimum absolute atomic E-state index is 0.0557. The fourth-order valence-electron chi connectivity index (χ4n) is 4.33. The largest absolute Gasteiger partial charge is 0.329 e. The molecule has 7 heteroatoms. The third kappa shape index (κ3) is 4.29. The van der Waals surface area contributed by atoms with Gasteiger partial charge in [0.05, 0.1) is 10.9 Å². The van der Waals surface area contributed by atoms with Gasteiger partial charge in [0.25, 0.3) is 5.91 Å². The number of hydrogen-bond acceptors (Lipinski definition) is 4. The van der Waals surface area contributed by atoms with Crippen molar-refractivity contribution in [1.29, 1.82) is 0 Å². The average Bonchev–Trinajstić information content (AvgIpc) is 2.80. The van der Waals surface area contributed by atoms with Crippen LogP contribution in [0.2, 0.25) is 0 Å². The molecule has 0 unspecified atom stereocenters. The topological polar surface area (TPSA) is 60.9 Å². The Hall–Kier alpha value is -2.22. The summed E-state index contributed by atoms with van der Waals surface area (Å²) in [6, 6.07) is 16.5. The van der Waals surface area contributed by atoms with Crippen LogP contribution in [-0.4, -0.2) is 68.2 Å². The van der Waals surface area contributed by atoms with Crippen LogP contribution in [0, 0.1) is 0 Å². The van der Waals surface area contributed by atoms with Crippen molar-refractivity contribution in [3.05, 3.63) is 65.7 Å². The molecule has 2 aromatic carbocycles. The van der Waals surface area contributed by atoms with Gasteiger partial charge in [-0.05, 0) is 43.7 Å². The van der Waals surface area contributed by atoms with Gasteiger partial charge in [0.15, 0.2) is 0 Å². The Kier molecular flexibility index (Phi) is 6.22. The van der Waals surface area contributed by atoms with Crippen molar-refractivity contribution in [1.82, 2.24) is 14.1 Å². The number of rotatable bonds is 4. The van der Waals surface area contributed by atoms with Crippen LogP contribution in [0.1, 0.15) is 41.2 Å². The Labute approximate surface area is 179 Å². The lowest BCUT2D eigenvalue weighted by molar-refractivity contribution is 0.0498. The predicted molar refractivity (Wildman–Crippen MR) is 117 cm³/mol. The molecule has 6 nitrogen and oxygen atoms in total. The summed E-state index contributed by atoms with van der Waals surface area (Å²) >= 11 is 0. The van der Waals surface area contributed by atoms with E-state index in [9.17, 15) is 13.2 Å². The van der Waals surface area contributed by atoms with Crippen LogP contribution in [0.25, 0.3) is 0 Å². The highest BCUT2D eigenvalue weighted by atomic mass is 32.2. The number of nitrogens with zero attached hydrogens (tertiary/aromatic N) is 3. The highest BCUT2D eigenvalue weighted by Crippen LogP contribution is 2.28. The van der Waals surface area contributed by atoms with Crippen LogP contribution in [0.5, 0.6) is 0 Å². The second-order valence-electron chi connectivity index (χ2n) is 8.18.